The second kappa shape index (κ2) is 5.18. The number of carbonyl (C=O) groups is 1. The fraction of sp³-hybridized carbons (Fsp3) is 0.364. The van der Waals surface area contributed by atoms with Crippen LogP contribution in [0.5, 0.6) is 5.75 Å². The molecule has 0 amide bonds. The van der Waals surface area contributed by atoms with Gasteiger partial charge in [0.25, 0.3) is 0 Å². The number of rotatable bonds is 5. The van der Waals surface area contributed by atoms with Gasteiger partial charge in [-0.2, -0.15) is 0 Å². The predicted molar refractivity (Wildman–Crippen MR) is 59.8 cm³/mol. The van der Waals surface area contributed by atoms with Crippen molar-refractivity contribution >= 4 is 17.6 Å². The highest BCUT2D eigenvalue weighted by Gasteiger charge is 2.25. The molecule has 0 bridgehead atoms. The molecule has 0 fully saturated rings. The molecule has 0 aliphatic rings. The Kier molecular flexibility index (Phi) is 4.15. The van der Waals surface area contributed by atoms with Crippen LogP contribution in [0.2, 0.25) is 5.02 Å². The summed E-state index contributed by atoms with van der Waals surface area (Å²) in [6.07, 6.45) is -0.361. The monoisotopic (exact) mass is 244 g/mol. The molecular weight excluding hydrogens is 232 g/mol. The largest absolute Gasteiger partial charge is 0.491 e. The number of hydrogen-bond acceptors (Lipinski definition) is 3. The van der Waals surface area contributed by atoms with Crippen LogP contribution in [-0.2, 0) is 4.79 Å². The minimum absolute atomic E-state index is 0.0824. The molecule has 0 saturated heterocycles. The Morgan fingerprint density at radius 1 is 1.44 bits per heavy atom. The molecule has 0 aromatic heterocycles. The van der Waals surface area contributed by atoms with Crippen LogP contribution in [0.3, 0.4) is 0 Å². The van der Waals surface area contributed by atoms with Gasteiger partial charge in [0.15, 0.2) is 0 Å². The first-order chi connectivity index (χ1) is 7.39. The van der Waals surface area contributed by atoms with Crippen molar-refractivity contribution in [2.45, 2.75) is 18.9 Å². The summed E-state index contributed by atoms with van der Waals surface area (Å²) in [4.78, 5) is 10.4. The van der Waals surface area contributed by atoms with Gasteiger partial charge in [-0.3, -0.25) is 4.79 Å². The van der Waals surface area contributed by atoms with Gasteiger partial charge in [-0.15, -0.1) is 0 Å². The summed E-state index contributed by atoms with van der Waals surface area (Å²) in [6.45, 7) is 1.33. The zero-order valence-electron chi connectivity index (χ0n) is 8.81. The van der Waals surface area contributed by atoms with Crippen molar-refractivity contribution in [3.63, 3.8) is 0 Å². The summed E-state index contributed by atoms with van der Waals surface area (Å²) in [6, 6.07) is 6.62. The van der Waals surface area contributed by atoms with Gasteiger partial charge in [-0.1, -0.05) is 11.6 Å². The maximum Gasteiger partial charge on any atom is 0.306 e. The van der Waals surface area contributed by atoms with Crippen LogP contribution < -0.4 is 4.74 Å². The third-order valence-electron chi connectivity index (χ3n) is 1.90. The fourth-order valence-electron chi connectivity index (χ4n) is 1.15. The molecule has 88 valence electrons. The van der Waals surface area contributed by atoms with Crippen molar-refractivity contribution in [3.05, 3.63) is 29.3 Å². The van der Waals surface area contributed by atoms with Gasteiger partial charge in [0, 0.05) is 5.02 Å². The molecule has 2 N–H and O–H groups in total. The molecule has 1 atom stereocenters. The Labute approximate surface area is 98.4 Å². The lowest BCUT2D eigenvalue weighted by molar-refractivity contribution is -0.143. The van der Waals surface area contributed by atoms with Gasteiger partial charge in [0.1, 0.15) is 18.0 Å². The van der Waals surface area contributed by atoms with Crippen molar-refractivity contribution < 1.29 is 19.7 Å². The Morgan fingerprint density at radius 3 is 2.50 bits per heavy atom. The molecule has 0 spiro atoms. The molecule has 1 aromatic carbocycles. The molecule has 0 saturated carbocycles. The van der Waals surface area contributed by atoms with Gasteiger partial charge in [-0.05, 0) is 31.2 Å². The Balaban J connectivity index is 2.50. The summed E-state index contributed by atoms with van der Waals surface area (Å²) in [5.74, 6) is -0.528. The van der Waals surface area contributed by atoms with E-state index in [0.29, 0.717) is 10.8 Å². The lowest BCUT2D eigenvalue weighted by Gasteiger charge is -2.21. The van der Waals surface area contributed by atoms with E-state index in [-0.39, 0.29) is 13.0 Å². The lowest BCUT2D eigenvalue weighted by atomic mass is 10.0. The topological polar surface area (TPSA) is 66.8 Å². The van der Waals surface area contributed by atoms with Crippen LogP contribution in [0.4, 0.5) is 0 Å². The molecule has 1 aromatic rings. The highest BCUT2D eigenvalue weighted by Crippen LogP contribution is 2.18. The van der Waals surface area contributed by atoms with Crippen molar-refractivity contribution in [2.24, 2.45) is 0 Å². The third-order valence-corrected chi connectivity index (χ3v) is 2.15. The van der Waals surface area contributed by atoms with Crippen molar-refractivity contribution in [1.82, 2.24) is 0 Å². The molecule has 1 unspecified atom stereocenters. The Morgan fingerprint density at radius 2 is 2.00 bits per heavy atom. The van der Waals surface area contributed by atoms with Crippen LogP contribution in [0, 0.1) is 0 Å². The first-order valence-electron chi connectivity index (χ1n) is 4.72. The second-order valence-corrected chi connectivity index (χ2v) is 4.25. The van der Waals surface area contributed by atoms with Crippen molar-refractivity contribution in [1.29, 1.82) is 0 Å². The Hall–Kier alpha value is -1.26. The summed E-state index contributed by atoms with van der Waals surface area (Å²) in [5.41, 5.74) is -1.38. The van der Waals surface area contributed by atoms with E-state index < -0.39 is 11.6 Å². The van der Waals surface area contributed by atoms with E-state index in [4.69, 9.17) is 21.4 Å². The maximum atomic E-state index is 10.4. The smallest absolute Gasteiger partial charge is 0.306 e. The molecule has 0 aliphatic heterocycles. The standard InChI is InChI=1S/C11H13ClO4/c1-11(15,6-10(13)14)7-16-9-4-2-8(12)3-5-9/h2-5,15H,6-7H2,1H3,(H,13,14). The second-order valence-electron chi connectivity index (χ2n) is 3.81. The van der Waals surface area contributed by atoms with E-state index in [1.165, 1.54) is 6.92 Å². The van der Waals surface area contributed by atoms with Crippen LogP contribution >= 0.6 is 11.6 Å². The number of hydrogen-bond donors (Lipinski definition) is 2. The minimum Gasteiger partial charge on any atom is -0.491 e. The molecule has 16 heavy (non-hydrogen) atoms. The number of carboxylic acid groups (broad SMARTS) is 1. The minimum atomic E-state index is -1.38. The zero-order chi connectivity index (χ0) is 12.2. The van der Waals surface area contributed by atoms with E-state index in [1.807, 2.05) is 0 Å². The highest BCUT2D eigenvalue weighted by atomic mass is 35.5. The van der Waals surface area contributed by atoms with E-state index in [9.17, 15) is 9.90 Å². The molecule has 1 rings (SSSR count). The van der Waals surface area contributed by atoms with Crippen LogP contribution in [0.15, 0.2) is 24.3 Å². The number of aliphatic hydroxyl groups is 1. The van der Waals surface area contributed by atoms with Crippen LogP contribution in [0.1, 0.15) is 13.3 Å². The Bertz CT molecular complexity index is 359. The van der Waals surface area contributed by atoms with Crippen molar-refractivity contribution in [2.75, 3.05) is 6.61 Å². The fourth-order valence-corrected chi connectivity index (χ4v) is 1.27. The van der Waals surface area contributed by atoms with E-state index in [1.54, 1.807) is 24.3 Å². The maximum absolute atomic E-state index is 10.4. The molecule has 0 aliphatic carbocycles. The number of benzene rings is 1. The van der Waals surface area contributed by atoms with Crippen molar-refractivity contribution in [3.8, 4) is 5.75 Å². The van der Waals surface area contributed by atoms with E-state index >= 15 is 0 Å². The first-order valence-corrected chi connectivity index (χ1v) is 5.09. The average molecular weight is 245 g/mol. The first kappa shape index (κ1) is 12.8. The SMILES string of the molecule is CC(O)(COc1ccc(Cl)cc1)CC(=O)O. The molecule has 5 heteroatoms. The molecule has 0 heterocycles. The number of carboxylic acids is 1. The number of halogens is 1. The summed E-state index contributed by atoms with van der Waals surface area (Å²) < 4.78 is 5.25. The lowest BCUT2D eigenvalue weighted by Crippen LogP contribution is -2.34. The summed E-state index contributed by atoms with van der Waals surface area (Å²) >= 11 is 5.69. The summed E-state index contributed by atoms with van der Waals surface area (Å²) in [7, 11) is 0. The summed E-state index contributed by atoms with van der Waals surface area (Å²) in [5, 5.41) is 18.8. The molecular formula is C11H13ClO4. The van der Waals surface area contributed by atoms with Gasteiger partial charge in [0.05, 0.1) is 6.42 Å². The van der Waals surface area contributed by atoms with Gasteiger partial charge in [0.2, 0.25) is 0 Å². The van der Waals surface area contributed by atoms with Crippen LogP contribution in [0.25, 0.3) is 0 Å². The zero-order valence-corrected chi connectivity index (χ0v) is 9.57. The van der Waals surface area contributed by atoms with E-state index in [2.05, 4.69) is 0 Å². The third kappa shape index (κ3) is 4.51. The highest BCUT2D eigenvalue weighted by molar-refractivity contribution is 6.30. The van der Waals surface area contributed by atoms with Gasteiger partial charge < -0.3 is 14.9 Å². The molecule has 4 nitrogen and oxygen atoms in total. The normalized spacial score (nSPS) is 14.2. The van der Waals surface area contributed by atoms with Gasteiger partial charge >= 0.3 is 5.97 Å². The van der Waals surface area contributed by atoms with Gasteiger partial charge in [-0.25, -0.2) is 0 Å². The molecule has 0 radical (unpaired) electrons. The van der Waals surface area contributed by atoms with Crippen LogP contribution in [-0.4, -0.2) is 28.4 Å². The number of ether oxygens (including phenoxy) is 1. The average Bonchev–Trinajstić information content (AvgIpc) is 2.15. The quantitative estimate of drug-likeness (QED) is 0.831. The number of aliphatic carboxylic acids is 1. The van der Waals surface area contributed by atoms with E-state index in [0.717, 1.165) is 0 Å². The predicted octanol–water partition coefficient (Wildman–Crippen LogP) is 1.94.